The Morgan fingerprint density at radius 3 is 2.67 bits per heavy atom. The van der Waals surface area contributed by atoms with Crippen molar-refractivity contribution < 1.29 is 5.11 Å². The Bertz CT molecular complexity index is 808. The number of aromatic hydroxyl groups is 1. The SMILES string of the molecule is Cc1ccc(NCc2[nH]c3ccccc3c2Cl)c(C)c1O. The van der Waals surface area contributed by atoms with Crippen LogP contribution in [0.15, 0.2) is 36.4 Å². The zero-order valence-corrected chi connectivity index (χ0v) is 12.8. The second kappa shape index (κ2) is 5.34. The van der Waals surface area contributed by atoms with Crippen LogP contribution in [-0.4, -0.2) is 10.1 Å². The lowest BCUT2D eigenvalue weighted by Crippen LogP contribution is -2.02. The predicted molar refractivity (Wildman–Crippen MR) is 88.2 cm³/mol. The number of fused-ring (bicyclic) bond motifs is 1. The van der Waals surface area contributed by atoms with E-state index in [9.17, 15) is 5.11 Å². The number of para-hydroxylation sites is 1. The third-order valence-corrected chi connectivity index (χ3v) is 4.23. The van der Waals surface area contributed by atoms with Gasteiger partial charge in [-0.1, -0.05) is 35.9 Å². The fraction of sp³-hybridized carbons (Fsp3) is 0.176. The van der Waals surface area contributed by atoms with Crippen molar-refractivity contribution in [2.45, 2.75) is 20.4 Å². The van der Waals surface area contributed by atoms with Crippen LogP contribution in [0.4, 0.5) is 5.69 Å². The van der Waals surface area contributed by atoms with Crippen LogP contribution >= 0.6 is 11.6 Å². The Morgan fingerprint density at radius 1 is 1.14 bits per heavy atom. The molecule has 3 N–H and O–H groups in total. The first-order chi connectivity index (χ1) is 10.1. The topological polar surface area (TPSA) is 48.0 Å². The molecule has 2 aromatic carbocycles. The van der Waals surface area contributed by atoms with Gasteiger partial charge in [-0.15, -0.1) is 0 Å². The Balaban J connectivity index is 1.87. The van der Waals surface area contributed by atoms with Gasteiger partial charge in [0.15, 0.2) is 0 Å². The average Bonchev–Trinajstić information content (AvgIpc) is 2.81. The lowest BCUT2D eigenvalue weighted by Gasteiger charge is -2.12. The number of halogens is 1. The minimum absolute atomic E-state index is 0.336. The minimum Gasteiger partial charge on any atom is -0.507 e. The zero-order chi connectivity index (χ0) is 15.0. The van der Waals surface area contributed by atoms with E-state index in [-0.39, 0.29) is 0 Å². The number of hydrogen-bond donors (Lipinski definition) is 3. The summed E-state index contributed by atoms with van der Waals surface area (Å²) in [5.74, 6) is 0.336. The molecule has 0 bridgehead atoms. The third kappa shape index (κ3) is 2.45. The highest BCUT2D eigenvalue weighted by Crippen LogP contribution is 2.30. The van der Waals surface area contributed by atoms with Crippen LogP contribution < -0.4 is 5.32 Å². The van der Waals surface area contributed by atoms with Crippen molar-refractivity contribution in [1.82, 2.24) is 4.98 Å². The summed E-state index contributed by atoms with van der Waals surface area (Å²) >= 11 is 6.40. The molecule has 4 heteroatoms. The summed E-state index contributed by atoms with van der Waals surface area (Å²) in [4.78, 5) is 3.32. The number of benzene rings is 2. The van der Waals surface area contributed by atoms with Gasteiger partial charge in [-0.25, -0.2) is 0 Å². The first-order valence-corrected chi connectivity index (χ1v) is 7.24. The molecule has 0 radical (unpaired) electrons. The number of nitrogens with one attached hydrogen (secondary N) is 2. The highest BCUT2D eigenvalue weighted by molar-refractivity contribution is 6.36. The third-order valence-electron chi connectivity index (χ3n) is 3.80. The molecule has 0 unspecified atom stereocenters. The second-order valence-corrected chi connectivity index (χ2v) is 5.60. The summed E-state index contributed by atoms with van der Waals surface area (Å²) in [5.41, 5.74) is 4.61. The first-order valence-electron chi connectivity index (χ1n) is 6.86. The molecule has 0 fully saturated rings. The van der Waals surface area contributed by atoms with Crippen molar-refractivity contribution in [2.24, 2.45) is 0 Å². The van der Waals surface area contributed by atoms with E-state index in [1.165, 1.54) is 0 Å². The quantitative estimate of drug-likeness (QED) is 0.653. The van der Waals surface area contributed by atoms with E-state index < -0.39 is 0 Å². The molecule has 0 saturated carbocycles. The first kappa shape index (κ1) is 13.8. The van der Waals surface area contributed by atoms with Crippen molar-refractivity contribution in [3.05, 3.63) is 58.2 Å². The van der Waals surface area contributed by atoms with Crippen molar-refractivity contribution in [3.63, 3.8) is 0 Å². The van der Waals surface area contributed by atoms with Crippen LogP contribution in [0.2, 0.25) is 5.02 Å². The van der Waals surface area contributed by atoms with Gasteiger partial charge in [0.05, 0.1) is 17.3 Å². The molecule has 0 spiro atoms. The van der Waals surface area contributed by atoms with E-state index in [1.807, 2.05) is 50.2 Å². The zero-order valence-electron chi connectivity index (χ0n) is 12.0. The van der Waals surface area contributed by atoms with E-state index in [0.717, 1.165) is 38.4 Å². The number of rotatable bonds is 3. The molecule has 3 aromatic rings. The second-order valence-electron chi connectivity index (χ2n) is 5.22. The molecule has 1 heterocycles. The maximum absolute atomic E-state index is 9.98. The van der Waals surface area contributed by atoms with Crippen LogP contribution in [0.3, 0.4) is 0 Å². The molecule has 0 aliphatic heterocycles. The molecule has 0 amide bonds. The molecular formula is C17H17ClN2O. The number of phenolic OH excluding ortho intramolecular Hbond substituents is 1. The fourth-order valence-corrected chi connectivity index (χ4v) is 2.77. The van der Waals surface area contributed by atoms with E-state index >= 15 is 0 Å². The number of H-pyrrole nitrogens is 1. The highest BCUT2D eigenvalue weighted by Gasteiger charge is 2.10. The van der Waals surface area contributed by atoms with Crippen molar-refractivity contribution >= 4 is 28.2 Å². The number of aromatic nitrogens is 1. The van der Waals surface area contributed by atoms with Gasteiger partial charge < -0.3 is 15.4 Å². The molecule has 3 nitrogen and oxygen atoms in total. The molecule has 0 aliphatic carbocycles. The Kier molecular flexibility index (Phi) is 3.52. The molecule has 1 aromatic heterocycles. The van der Waals surface area contributed by atoms with Gasteiger partial charge in [-0.3, -0.25) is 0 Å². The summed E-state index contributed by atoms with van der Waals surface area (Å²) in [7, 11) is 0. The number of aryl methyl sites for hydroxylation is 1. The maximum atomic E-state index is 9.98. The summed E-state index contributed by atoms with van der Waals surface area (Å²) in [6.07, 6.45) is 0. The van der Waals surface area contributed by atoms with Crippen molar-refractivity contribution in [1.29, 1.82) is 0 Å². The fourth-order valence-electron chi connectivity index (χ4n) is 2.50. The molecule has 21 heavy (non-hydrogen) atoms. The highest BCUT2D eigenvalue weighted by atomic mass is 35.5. The summed E-state index contributed by atoms with van der Waals surface area (Å²) in [5, 5.41) is 15.1. The summed E-state index contributed by atoms with van der Waals surface area (Å²) < 4.78 is 0. The van der Waals surface area contributed by atoms with E-state index in [0.29, 0.717) is 12.3 Å². The minimum atomic E-state index is 0.336. The normalized spacial score (nSPS) is 11.0. The molecule has 0 aliphatic rings. The van der Waals surface area contributed by atoms with Crippen LogP contribution in [0.25, 0.3) is 10.9 Å². The Hall–Kier alpha value is -2.13. The number of hydrogen-bond acceptors (Lipinski definition) is 2. The smallest absolute Gasteiger partial charge is 0.123 e. The standard InChI is InChI=1S/C17H17ClN2O/c1-10-7-8-13(11(2)17(10)21)19-9-15-16(18)12-5-3-4-6-14(12)20-15/h3-8,19-21H,9H2,1-2H3. The molecule has 108 valence electrons. The van der Waals surface area contributed by atoms with Gasteiger partial charge in [-0.2, -0.15) is 0 Å². The van der Waals surface area contributed by atoms with Gasteiger partial charge in [0.25, 0.3) is 0 Å². The summed E-state index contributed by atoms with van der Waals surface area (Å²) in [6.45, 7) is 4.37. The Labute approximate surface area is 128 Å². The summed E-state index contributed by atoms with van der Waals surface area (Å²) in [6, 6.07) is 11.8. The lowest BCUT2D eigenvalue weighted by molar-refractivity contribution is 0.467. The van der Waals surface area contributed by atoms with Crippen LogP contribution in [-0.2, 0) is 6.54 Å². The van der Waals surface area contributed by atoms with Gasteiger partial charge in [0, 0.05) is 22.2 Å². The maximum Gasteiger partial charge on any atom is 0.123 e. The van der Waals surface area contributed by atoms with Gasteiger partial charge >= 0.3 is 0 Å². The van der Waals surface area contributed by atoms with Crippen LogP contribution in [0.1, 0.15) is 16.8 Å². The van der Waals surface area contributed by atoms with Crippen molar-refractivity contribution in [3.8, 4) is 5.75 Å². The molecule has 0 atom stereocenters. The number of aromatic amines is 1. The van der Waals surface area contributed by atoms with E-state index in [2.05, 4.69) is 10.3 Å². The van der Waals surface area contributed by atoms with Crippen molar-refractivity contribution in [2.75, 3.05) is 5.32 Å². The van der Waals surface area contributed by atoms with Crippen LogP contribution in [0.5, 0.6) is 5.75 Å². The largest absolute Gasteiger partial charge is 0.507 e. The number of phenols is 1. The Morgan fingerprint density at radius 2 is 1.90 bits per heavy atom. The number of anilines is 1. The van der Waals surface area contributed by atoms with E-state index in [1.54, 1.807) is 0 Å². The van der Waals surface area contributed by atoms with Gasteiger partial charge in [-0.05, 0) is 31.5 Å². The van der Waals surface area contributed by atoms with Gasteiger partial charge in [0.2, 0.25) is 0 Å². The monoisotopic (exact) mass is 300 g/mol. The van der Waals surface area contributed by atoms with Gasteiger partial charge in [0.1, 0.15) is 5.75 Å². The lowest BCUT2D eigenvalue weighted by atomic mass is 10.1. The average molecular weight is 301 g/mol. The predicted octanol–water partition coefficient (Wildman–Crippen LogP) is 4.76. The molecule has 3 rings (SSSR count). The van der Waals surface area contributed by atoms with Crippen LogP contribution in [0, 0.1) is 13.8 Å². The molecular weight excluding hydrogens is 284 g/mol. The van der Waals surface area contributed by atoms with E-state index in [4.69, 9.17) is 11.6 Å². The molecule has 0 saturated heterocycles.